The number of hydrogen-bond donors (Lipinski definition) is 1. The first kappa shape index (κ1) is 16.5. The minimum absolute atomic E-state index is 0.0126. The fourth-order valence-corrected chi connectivity index (χ4v) is 5.37. The zero-order chi connectivity index (χ0) is 17.7. The molecule has 0 radical (unpaired) electrons. The third-order valence-corrected chi connectivity index (χ3v) is 6.48. The van der Waals surface area contributed by atoms with Crippen molar-refractivity contribution in [3.05, 3.63) is 36.0 Å². The van der Waals surface area contributed by atoms with Gasteiger partial charge in [-0.1, -0.05) is 6.07 Å². The van der Waals surface area contributed by atoms with Crippen LogP contribution in [0.25, 0.3) is 10.9 Å². The molecule has 3 saturated heterocycles. The summed E-state index contributed by atoms with van der Waals surface area (Å²) in [4.78, 5) is 7.30. The van der Waals surface area contributed by atoms with E-state index < -0.39 is 0 Å². The van der Waals surface area contributed by atoms with Crippen LogP contribution in [0.15, 0.2) is 30.3 Å². The number of aliphatic hydroxyl groups is 1. The number of fused-ring (bicyclic) bond motifs is 2. The molecule has 5 nitrogen and oxygen atoms in total. The third kappa shape index (κ3) is 2.53. The maximum absolute atomic E-state index is 9.77. The SMILES string of the molecule is CCOc1ccc2nc(CN3C[C@@H]4[C@H](CO)[C@H]5CC[C@]4(C3)O5)ccc2c1. The quantitative estimate of drug-likeness (QED) is 0.894. The largest absolute Gasteiger partial charge is 0.494 e. The lowest BCUT2D eigenvalue weighted by atomic mass is 9.74. The number of ether oxygens (including phenoxy) is 2. The van der Waals surface area contributed by atoms with Gasteiger partial charge in [-0.05, 0) is 44.0 Å². The van der Waals surface area contributed by atoms with Crippen molar-refractivity contribution < 1.29 is 14.6 Å². The van der Waals surface area contributed by atoms with E-state index in [1.54, 1.807) is 0 Å². The Morgan fingerprint density at radius 3 is 3.12 bits per heavy atom. The van der Waals surface area contributed by atoms with Crippen LogP contribution >= 0.6 is 0 Å². The van der Waals surface area contributed by atoms with Crippen LogP contribution in [-0.4, -0.2) is 53.0 Å². The van der Waals surface area contributed by atoms with E-state index in [-0.39, 0.29) is 18.3 Å². The highest BCUT2D eigenvalue weighted by Crippen LogP contribution is 2.54. The first-order valence-electron chi connectivity index (χ1n) is 9.74. The Morgan fingerprint density at radius 1 is 1.35 bits per heavy atom. The Hall–Kier alpha value is -1.69. The summed E-state index contributed by atoms with van der Waals surface area (Å²) in [6.07, 6.45) is 2.53. The zero-order valence-electron chi connectivity index (χ0n) is 15.2. The maximum Gasteiger partial charge on any atom is 0.120 e. The van der Waals surface area contributed by atoms with Gasteiger partial charge in [0, 0.05) is 43.5 Å². The van der Waals surface area contributed by atoms with Crippen molar-refractivity contribution in [3.63, 3.8) is 0 Å². The van der Waals surface area contributed by atoms with Gasteiger partial charge in [-0.2, -0.15) is 0 Å². The van der Waals surface area contributed by atoms with E-state index in [1.807, 2.05) is 25.1 Å². The van der Waals surface area contributed by atoms with Crippen molar-refractivity contribution >= 4 is 10.9 Å². The molecule has 0 unspecified atom stereocenters. The number of rotatable bonds is 5. The second-order valence-corrected chi connectivity index (χ2v) is 7.97. The molecule has 1 aromatic carbocycles. The molecule has 5 rings (SSSR count). The van der Waals surface area contributed by atoms with Crippen LogP contribution < -0.4 is 4.74 Å². The summed E-state index contributed by atoms with van der Waals surface area (Å²) in [5.74, 6) is 1.68. The van der Waals surface area contributed by atoms with Crippen molar-refractivity contribution in [1.82, 2.24) is 9.88 Å². The van der Waals surface area contributed by atoms with Gasteiger partial charge in [-0.3, -0.25) is 9.88 Å². The lowest BCUT2D eigenvalue weighted by Gasteiger charge is -2.28. The van der Waals surface area contributed by atoms with Gasteiger partial charge in [0.25, 0.3) is 0 Å². The van der Waals surface area contributed by atoms with Gasteiger partial charge in [-0.25, -0.2) is 0 Å². The Bertz CT molecular complexity index is 826. The average Bonchev–Trinajstić information content (AvgIpc) is 3.29. The Balaban J connectivity index is 1.33. The van der Waals surface area contributed by atoms with E-state index in [4.69, 9.17) is 14.5 Å². The van der Waals surface area contributed by atoms with Crippen LogP contribution in [0, 0.1) is 11.8 Å². The number of nitrogens with zero attached hydrogens (tertiary/aromatic N) is 2. The molecule has 0 amide bonds. The van der Waals surface area contributed by atoms with E-state index in [0.717, 1.165) is 54.8 Å². The van der Waals surface area contributed by atoms with Crippen LogP contribution in [0.3, 0.4) is 0 Å². The minimum Gasteiger partial charge on any atom is -0.494 e. The topological polar surface area (TPSA) is 54.8 Å². The van der Waals surface area contributed by atoms with Gasteiger partial charge in [0.15, 0.2) is 0 Å². The molecule has 3 fully saturated rings. The van der Waals surface area contributed by atoms with Crippen LogP contribution in [0.2, 0.25) is 0 Å². The number of hydrogen-bond acceptors (Lipinski definition) is 5. The molecule has 4 heterocycles. The Kier molecular flexibility index (Phi) is 3.92. The zero-order valence-corrected chi connectivity index (χ0v) is 15.2. The molecule has 4 atom stereocenters. The van der Waals surface area contributed by atoms with Gasteiger partial charge in [-0.15, -0.1) is 0 Å². The van der Waals surface area contributed by atoms with E-state index in [9.17, 15) is 5.11 Å². The molecule has 3 aliphatic heterocycles. The molecule has 2 bridgehead atoms. The lowest BCUT2D eigenvalue weighted by Crippen LogP contribution is -2.37. The summed E-state index contributed by atoms with van der Waals surface area (Å²) in [6, 6.07) is 10.3. The summed E-state index contributed by atoms with van der Waals surface area (Å²) in [5, 5.41) is 10.9. The molecule has 138 valence electrons. The summed E-state index contributed by atoms with van der Waals surface area (Å²) >= 11 is 0. The highest BCUT2D eigenvalue weighted by Gasteiger charge is 2.62. The molecule has 1 N–H and O–H groups in total. The lowest BCUT2D eigenvalue weighted by molar-refractivity contribution is 0.000300. The summed E-state index contributed by atoms with van der Waals surface area (Å²) in [7, 11) is 0. The molecular weight excluding hydrogens is 328 g/mol. The van der Waals surface area contributed by atoms with Gasteiger partial charge < -0.3 is 14.6 Å². The van der Waals surface area contributed by atoms with Crippen molar-refractivity contribution in [1.29, 1.82) is 0 Å². The molecule has 26 heavy (non-hydrogen) atoms. The first-order valence-corrected chi connectivity index (χ1v) is 9.74. The standard InChI is InChI=1S/C21H26N2O3/c1-2-25-16-5-6-19-14(9-16)3-4-15(22-19)10-23-11-18-17(12-24)20-7-8-21(18,13-23)26-20/h3-6,9,17-18,20,24H,2,7-8,10-13H2,1H3/t17-,18+,20+,21+/m0/s1. The van der Waals surface area contributed by atoms with Crippen LogP contribution in [0.1, 0.15) is 25.5 Å². The van der Waals surface area contributed by atoms with Crippen LogP contribution in [-0.2, 0) is 11.3 Å². The average molecular weight is 354 g/mol. The first-order chi connectivity index (χ1) is 12.7. The number of likely N-dealkylation sites (tertiary alicyclic amines) is 1. The Morgan fingerprint density at radius 2 is 2.27 bits per heavy atom. The number of benzene rings is 1. The van der Waals surface area contributed by atoms with Gasteiger partial charge in [0.05, 0.1) is 29.5 Å². The fraction of sp³-hybridized carbons (Fsp3) is 0.571. The fourth-order valence-electron chi connectivity index (χ4n) is 5.37. The predicted octanol–water partition coefficient (Wildman–Crippen LogP) is 2.61. The van der Waals surface area contributed by atoms with Gasteiger partial charge in [0.2, 0.25) is 0 Å². The van der Waals surface area contributed by atoms with E-state index in [1.165, 1.54) is 0 Å². The maximum atomic E-state index is 9.77. The van der Waals surface area contributed by atoms with Crippen molar-refractivity contribution in [2.45, 2.75) is 38.0 Å². The van der Waals surface area contributed by atoms with Gasteiger partial charge >= 0.3 is 0 Å². The molecular formula is C21H26N2O3. The summed E-state index contributed by atoms with van der Waals surface area (Å²) in [6.45, 7) is 5.73. The Labute approximate surface area is 153 Å². The molecule has 5 heteroatoms. The molecule has 1 aromatic heterocycles. The summed E-state index contributed by atoms with van der Waals surface area (Å²) in [5.41, 5.74) is 2.09. The van der Waals surface area contributed by atoms with Crippen molar-refractivity contribution in [2.24, 2.45) is 11.8 Å². The number of aromatic nitrogens is 1. The van der Waals surface area contributed by atoms with Crippen molar-refractivity contribution in [2.75, 3.05) is 26.3 Å². The van der Waals surface area contributed by atoms with Crippen LogP contribution in [0.4, 0.5) is 0 Å². The number of pyridine rings is 1. The van der Waals surface area contributed by atoms with E-state index in [0.29, 0.717) is 18.4 Å². The number of aliphatic hydroxyl groups excluding tert-OH is 1. The second kappa shape index (κ2) is 6.19. The highest BCUT2D eigenvalue weighted by molar-refractivity contribution is 5.80. The monoisotopic (exact) mass is 354 g/mol. The molecule has 0 aliphatic carbocycles. The third-order valence-electron chi connectivity index (χ3n) is 6.48. The van der Waals surface area contributed by atoms with E-state index in [2.05, 4.69) is 17.0 Å². The second-order valence-electron chi connectivity index (χ2n) is 7.97. The van der Waals surface area contributed by atoms with Gasteiger partial charge in [0.1, 0.15) is 5.75 Å². The minimum atomic E-state index is -0.0126. The normalized spacial score (nSPS) is 33.1. The van der Waals surface area contributed by atoms with Crippen LogP contribution in [0.5, 0.6) is 5.75 Å². The molecule has 1 spiro atoms. The van der Waals surface area contributed by atoms with E-state index >= 15 is 0 Å². The smallest absolute Gasteiger partial charge is 0.120 e. The predicted molar refractivity (Wildman–Crippen MR) is 99.1 cm³/mol. The molecule has 3 aliphatic rings. The summed E-state index contributed by atoms with van der Waals surface area (Å²) < 4.78 is 11.9. The van der Waals surface area contributed by atoms with Crippen molar-refractivity contribution in [3.8, 4) is 5.75 Å². The highest BCUT2D eigenvalue weighted by atomic mass is 16.5. The molecule has 0 saturated carbocycles. The molecule has 2 aromatic rings.